The summed E-state index contributed by atoms with van der Waals surface area (Å²) in [7, 11) is 1.35. The van der Waals surface area contributed by atoms with Crippen molar-refractivity contribution in [2.75, 3.05) is 20.2 Å². The lowest BCUT2D eigenvalue weighted by molar-refractivity contribution is -0.141. The third-order valence-electron chi connectivity index (χ3n) is 3.86. The first-order valence-electron chi connectivity index (χ1n) is 8.32. The molecule has 2 aromatic rings. The number of ether oxygens (including phenoxy) is 1. The Morgan fingerprint density at radius 1 is 0.960 bits per heavy atom. The van der Waals surface area contributed by atoms with Gasteiger partial charge in [0.2, 0.25) is 5.91 Å². The molecular formula is C21H23NO3. The number of hydrogen-bond acceptors (Lipinski definition) is 3. The molecule has 4 nitrogen and oxygen atoms in total. The van der Waals surface area contributed by atoms with Crippen LogP contribution in [0.25, 0.3) is 6.08 Å². The molecule has 0 heterocycles. The number of hydrogen-bond donors (Lipinski definition) is 0. The Kier molecular flexibility index (Phi) is 7.44. The van der Waals surface area contributed by atoms with Gasteiger partial charge in [0.05, 0.1) is 13.5 Å². The van der Waals surface area contributed by atoms with E-state index in [9.17, 15) is 9.59 Å². The number of benzene rings is 2. The van der Waals surface area contributed by atoms with Gasteiger partial charge in [-0.25, -0.2) is 0 Å². The zero-order valence-corrected chi connectivity index (χ0v) is 14.4. The highest BCUT2D eigenvalue weighted by Gasteiger charge is 2.13. The fourth-order valence-corrected chi connectivity index (χ4v) is 2.41. The van der Waals surface area contributed by atoms with Crippen LogP contribution in [0.1, 0.15) is 17.5 Å². The normalized spacial score (nSPS) is 10.6. The molecule has 0 radical (unpaired) electrons. The van der Waals surface area contributed by atoms with Gasteiger partial charge < -0.3 is 9.64 Å². The highest BCUT2D eigenvalue weighted by Crippen LogP contribution is 2.06. The van der Waals surface area contributed by atoms with Gasteiger partial charge in [-0.3, -0.25) is 9.59 Å². The van der Waals surface area contributed by atoms with Gasteiger partial charge in [-0.1, -0.05) is 60.7 Å². The topological polar surface area (TPSA) is 46.6 Å². The van der Waals surface area contributed by atoms with Gasteiger partial charge in [0.15, 0.2) is 0 Å². The lowest BCUT2D eigenvalue weighted by Crippen LogP contribution is -2.33. The molecule has 130 valence electrons. The van der Waals surface area contributed by atoms with Crippen molar-refractivity contribution < 1.29 is 14.3 Å². The molecule has 0 unspecified atom stereocenters. The monoisotopic (exact) mass is 337 g/mol. The van der Waals surface area contributed by atoms with E-state index in [4.69, 9.17) is 0 Å². The molecule has 0 atom stereocenters. The van der Waals surface area contributed by atoms with Crippen molar-refractivity contribution in [3.63, 3.8) is 0 Å². The Bertz CT molecular complexity index is 696. The molecule has 0 bridgehead atoms. The van der Waals surface area contributed by atoms with E-state index in [-0.39, 0.29) is 18.3 Å². The van der Waals surface area contributed by atoms with E-state index in [1.54, 1.807) is 17.1 Å². The molecule has 0 aliphatic rings. The Hall–Kier alpha value is -2.88. The number of amides is 1. The molecule has 0 aliphatic heterocycles. The van der Waals surface area contributed by atoms with Crippen molar-refractivity contribution in [3.8, 4) is 0 Å². The Morgan fingerprint density at radius 2 is 1.60 bits per heavy atom. The molecule has 2 aromatic carbocycles. The first kappa shape index (κ1) is 18.5. The molecule has 0 saturated carbocycles. The van der Waals surface area contributed by atoms with Crippen molar-refractivity contribution >= 4 is 18.0 Å². The van der Waals surface area contributed by atoms with Crippen molar-refractivity contribution in [1.29, 1.82) is 0 Å². The minimum absolute atomic E-state index is 0.108. The summed E-state index contributed by atoms with van der Waals surface area (Å²) in [6.07, 6.45) is 4.27. The highest BCUT2D eigenvalue weighted by molar-refractivity contribution is 5.92. The minimum atomic E-state index is -0.315. The van der Waals surface area contributed by atoms with Crippen LogP contribution in [0.5, 0.6) is 0 Å². The lowest BCUT2D eigenvalue weighted by atomic mass is 10.1. The van der Waals surface area contributed by atoms with E-state index in [0.717, 1.165) is 17.5 Å². The second-order valence-electron chi connectivity index (χ2n) is 5.63. The molecular weight excluding hydrogens is 314 g/mol. The van der Waals surface area contributed by atoms with Crippen LogP contribution in [0.4, 0.5) is 0 Å². The second-order valence-corrected chi connectivity index (χ2v) is 5.63. The fraction of sp³-hybridized carbons (Fsp3) is 0.238. The predicted octanol–water partition coefficient (Wildman–Crippen LogP) is 3.33. The van der Waals surface area contributed by atoms with Gasteiger partial charge in [0.1, 0.15) is 0 Å². The number of esters is 1. The fourth-order valence-electron chi connectivity index (χ4n) is 2.41. The van der Waals surface area contributed by atoms with Gasteiger partial charge in [-0.05, 0) is 23.6 Å². The SMILES string of the molecule is COC(=O)CCN(CCc1ccccc1)C(=O)/C=C/c1ccccc1. The summed E-state index contributed by atoms with van der Waals surface area (Å²) in [4.78, 5) is 25.6. The minimum Gasteiger partial charge on any atom is -0.469 e. The average molecular weight is 337 g/mol. The maximum absolute atomic E-state index is 12.5. The van der Waals surface area contributed by atoms with E-state index >= 15 is 0 Å². The maximum atomic E-state index is 12.5. The second kappa shape index (κ2) is 10.1. The van der Waals surface area contributed by atoms with E-state index < -0.39 is 0 Å². The third kappa shape index (κ3) is 6.63. The van der Waals surface area contributed by atoms with Crippen molar-refractivity contribution in [1.82, 2.24) is 4.90 Å². The summed E-state index contributed by atoms with van der Waals surface area (Å²) in [5.41, 5.74) is 2.12. The zero-order valence-electron chi connectivity index (χ0n) is 14.4. The van der Waals surface area contributed by atoms with Crippen LogP contribution in [-0.4, -0.2) is 37.0 Å². The van der Waals surface area contributed by atoms with Gasteiger partial charge >= 0.3 is 5.97 Å². The maximum Gasteiger partial charge on any atom is 0.307 e. The molecule has 0 fully saturated rings. The van der Waals surface area contributed by atoms with Crippen molar-refractivity contribution in [2.45, 2.75) is 12.8 Å². The first-order chi connectivity index (χ1) is 12.2. The lowest BCUT2D eigenvalue weighted by Gasteiger charge is -2.21. The third-order valence-corrected chi connectivity index (χ3v) is 3.86. The van der Waals surface area contributed by atoms with Crippen LogP contribution in [0.15, 0.2) is 66.7 Å². The van der Waals surface area contributed by atoms with Crippen LogP contribution in [-0.2, 0) is 20.7 Å². The van der Waals surface area contributed by atoms with Crippen LogP contribution in [0.3, 0.4) is 0 Å². The Balaban J connectivity index is 2.00. The Labute approximate surface area is 148 Å². The van der Waals surface area contributed by atoms with Gasteiger partial charge in [0.25, 0.3) is 0 Å². The summed E-state index contributed by atoms with van der Waals surface area (Å²) < 4.78 is 4.68. The standard InChI is InChI=1S/C21H23NO3/c1-25-21(24)15-17-22(16-14-19-10-6-3-7-11-19)20(23)13-12-18-8-4-2-5-9-18/h2-13H,14-17H2,1H3/b13-12+. The first-order valence-corrected chi connectivity index (χ1v) is 8.32. The Morgan fingerprint density at radius 3 is 2.24 bits per heavy atom. The summed E-state index contributed by atoms with van der Waals surface area (Å²) in [5.74, 6) is -0.423. The summed E-state index contributed by atoms with van der Waals surface area (Å²) in [6, 6.07) is 19.6. The highest BCUT2D eigenvalue weighted by atomic mass is 16.5. The molecule has 0 spiro atoms. The van der Waals surface area contributed by atoms with E-state index in [1.807, 2.05) is 60.7 Å². The van der Waals surface area contributed by atoms with Crippen molar-refractivity contribution in [3.05, 3.63) is 77.9 Å². The molecule has 0 aromatic heterocycles. The predicted molar refractivity (Wildman–Crippen MR) is 98.8 cm³/mol. The molecule has 1 amide bonds. The number of rotatable bonds is 8. The van der Waals surface area contributed by atoms with Gasteiger partial charge in [-0.15, -0.1) is 0 Å². The van der Waals surface area contributed by atoms with E-state index in [1.165, 1.54) is 7.11 Å². The summed E-state index contributed by atoms with van der Waals surface area (Å²) in [6.45, 7) is 0.899. The number of carbonyl (C=O) groups excluding carboxylic acids is 2. The number of carbonyl (C=O) groups is 2. The van der Waals surface area contributed by atoms with Crippen LogP contribution < -0.4 is 0 Å². The molecule has 25 heavy (non-hydrogen) atoms. The molecule has 0 saturated heterocycles. The van der Waals surface area contributed by atoms with Crippen molar-refractivity contribution in [2.24, 2.45) is 0 Å². The van der Waals surface area contributed by atoms with Crippen LogP contribution >= 0.6 is 0 Å². The molecule has 0 N–H and O–H groups in total. The van der Waals surface area contributed by atoms with Gasteiger partial charge in [-0.2, -0.15) is 0 Å². The quantitative estimate of drug-likeness (QED) is 0.548. The van der Waals surface area contributed by atoms with Crippen LogP contribution in [0, 0.1) is 0 Å². The van der Waals surface area contributed by atoms with Crippen LogP contribution in [0.2, 0.25) is 0 Å². The number of methoxy groups -OCH3 is 1. The summed E-state index contributed by atoms with van der Waals surface area (Å²) in [5, 5.41) is 0. The molecule has 0 aliphatic carbocycles. The largest absolute Gasteiger partial charge is 0.469 e. The molecule has 2 rings (SSSR count). The number of nitrogens with zero attached hydrogens (tertiary/aromatic N) is 1. The molecule has 4 heteroatoms. The van der Waals surface area contributed by atoms with E-state index in [0.29, 0.717) is 13.1 Å². The zero-order chi connectivity index (χ0) is 17.9. The smallest absolute Gasteiger partial charge is 0.307 e. The van der Waals surface area contributed by atoms with Gasteiger partial charge in [0, 0.05) is 19.2 Å². The average Bonchev–Trinajstić information content (AvgIpc) is 2.67. The summed E-state index contributed by atoms with van der Waals surface area (Å²) >= 11 is 0. The van der Waals surface area contributed by atoms with E-state index in [2.05, 4.69) is 4.74 Å².